The van der Waals surface area contributed by atoms with Crippen LogP contribution in [0.5, 0.6) is 5.75 Å². The van der Waals surface area contributed by atoms with Gasteiger partial charge in [0.05, 0.1) is 5.69 Å². The van der Waals surface area contributed by atoms with Crippen LogP contribution in [0.15, 0.2) is 18.2 Å². The van der Waals surface area contributed by atoms with E-state index in [0.29, 0.717) is 6.54 Å². The van der Waals surface area contributed by atoms with Crippen LogP contribution in [0.3, 0.4) is 0 Å². The molecule has 3 N–H and O–H groups in total. The van der Waals surface area contributed by atoms with Crippen molar-refractivity contribution in [3.05, 3.63) is 24.0 Å². The maximum Gasteiger partial charge on any atom is 0.260 e. The summed E-state index contributed by atoms with van der Waals surface area (Å²) in [5, 5.41) is 2.58. The topological polar surface area (TPSA) is 64.3 Å². The van der Waals surface area contributed by atoms with Gasteiger partial charge in [0, 0.05) is 6.54 Å². The molecular formula is C11H15FN2O2. The van der Waals surface area contributed by atoms with E-state index in [2.05, 4.69) is 5.32 Å². The van der Waals surface area contributed by atoms with Gasteiger partial charge in [-0.3, -0.25) is 4.79 Å². The number of nitrogens with two attached hydrogens (primary N) is 1. The lowest BCUT2D eigenvalue weighted by Crippen LogP contribution is -2.36. The third-order valence-electron chi connectivity index (χ3n) is 2.01. The molecule has 16 heavy (non-hydrogen) atoms. The first-order valence-electron chi connectivity index (χ1n) is 5.04. The Morgan fingerprint density at radius 3 is 2.88 bits per heavy atom. The quantitative estimate of drug-likeness (QED) is 0.761. The van der Waals surface area contributed by atoms with Crippen molar-refractivity contribution in [2.24, 2.45) is 0 Å². The maximum absolute atomic E-state index is 13.3. The van der Waals surface area contributed by atoms with E-state index >= 15 is 0 Å². The molecule has 0 fully saturated rings. The van der Waals surface area contributed by atoms with Gasteiger partial charge >= 0.3 is 0 Å². The molecule has 0 radical (unpaired) electrons. The number of ether oxygens (including phenoxy) is 1. The zero-order chi connectivity index (χ0) is 12.1. The van der Waals surface area contributed by atoms with Crippen LogP contribution in [0.1, 0.15) is 13.8 Å². The van der Waals surface area contributed by atoms with Crippen LogP contribution in [0.4, 0.5) is 10.1 Å². The number of para-hydroxylation sites is 1. The second-order valence-corrected chi connectivity index (χ2v) is 3.31. The van der Waals surface area contributed by atoms with Crippen LogP contribution >= 0.6 is 0 Å². The Balaban J connectivity index is 2.76. The Hall–Kier alpha value is -1.78. The van der Waals surface area contributed by atoms with Gasteiger partial charge in [-0.25, -0.2) is 4.39 Å². The van der Waals surface area contributed by atoms with Crippen LogP contribution in [-0.4, -0.2) is 18.6 Å². The third-order valence-corrected chi connectivity index (χ3v) is 2.01. The Bertz CT molecular complexity index is 362. The van der Waals surface area contributed by atoms with Gasteiger partial charge in [-0.15, -0.1) is 0 Å². The molecule has 0 aliphatic carbocycles. The average Bonchev–Trinajstić information content (AvgIpc) is 2.23. The SMILES string of the molecule is CCNC(=O)C(C)Oc1c(N)cccc1F. The lowest BCUT2D eigenvalue weighted by atomic mass is 10.3. The molecule has 0 saturated heterocycles. The summed E-state index contributed by atoms with van der Waals surface area (Å²) in [7, 11) is 0. The van der Waals surface area contributed by atoms with Gasteiger partial charge in [0.25, 0.3) is 5.91 Å². The van der Waals surface area contributed by atoms with E-state index in [1.54, 1.807) is 6.92 Å². The fourth-order valence-corrected chi connectivity index (χ4v) is 1.20. The van der Waals surface area contributed by atoms with E-state index in [-0.39, 0.29) is 17.3 Å². The number of benzene rings is 1. The van der Waals surface area contributed by atoms with E-state index in [0.717, 1.165) is 0 Å². The van der Waals surface area contributed by atoms with Crippen molar-refractivity contribution >= 4 is 11.6 Å². The van der Waals surface area contributed by atoms with Gasteiger partial charge in [0.2, 0.25) is 0 Å². The minimum atomic E-state index is -0.779. The molecule has 0 heterocycles. The normalized spacial score (nSPS) is 11.9. The first-order chi connectivity index (χ1) is 7.56. The highest BCUT2D eigenvalue weighted by atomic mass is 19.1. The number of nitrogens with one attached hydrogen (secondary N) is 1. The monoisotopic (exact) mass is 226 g/mol. The molecule has 4 nitrogen and oxygen atoms in total. The molecule has 0 aliphatic rings. The van der Waals surface area contributed by atoms with Crippen molar-refractivity contribution in [2.75, 3.05) is 12.3 Å². The highest BCUT2D eigenvalue weighted by Crippen LogP contribution is 2.25. The summed E-state index contributed by atoms with van der Waals surface area (Å²) in [5.74, 6) is -0.956. The van der Waals surface area contributed by atoms with Crippen LogP contribution in [0.25, 0.3) is 0 Å². The van der Waals surface area contributed by atoms with Crippen molar-refractivity contribution in [1.29, 1.82) is 0 Å². The van der Waals surface area contributed by atoms with Crippen molar-refractivity contribution in [3.8, 4) is 5.75 Å². The van der Waals surface area contributed by atoms with Crippen LogP contribution < -0.4 is 15.8 Å². The minimum Gasteiger partial charge on any atom is -0.476 e. The predicted octanol–water partition coefficient (Wildman–Crippen LogP) is 1.31. The van der Waals surface area contributed by atoms with E-state index in [4.69, 9.17) is 10.5 Å². The molecule has 0 aromatic heterocycles. The van der Waals surface area contributed by atoms with Gasteiger partial charge in [0.15, 0.2) is 17.7 Å². The predicted molar refractivity (Wildman–Crippen MR) is 59.6 cm³/mol. The van der Waals surface area contributed by atoms with Crippen molar-refractivity contribution in [1.82, 2.24) is 5.32 Å². The zero-order valence-corrected chi connectivity index (χ0v) is 9.29. The smallest absolute Gasteiger partial charge is 0.260 e. The third kappa shape index (κ3) is 2.85. The number of hydrogen-bond acceptors (Lipinski definition) is 3. The largest absolute Gasteiger partial charge is 0.476 e. The molecule has 0 aliphatic heterocycles. The van der Waals surface area contributed by atoms with Gasteiger partial charge in [-0.1, -0.05) is 6.07 Å². The number of likely N-dealkylation sites (N-methyl/N-ethyl adjacent to an activating group) is 1. The van der Waals surface area contributed by atoms with E-state index < -0.39 is 11.9 Å². The first-order valence-corrected chi connectivity index (χ1v) is 5.04. The molecule has 0 bridgehead atoms. The van der Waals surface area contributed by atoms with Gasteiger partial charge in [0.1, 0.15) is 0 Å². The molecule has 1 aromatic rings. The summed E-state index contributed by atoms with van der Waals surface area (Å²) in [6.07, 6.45) is -0.779. The number of carbonyl (C=O) groups excluding carboxylic acids is 1. The first kappa shape index (κ1) is 12.3. The second kappa shape index (κ2) is 5.34. The Kier molecular flexibility index (Phi) is 4.10. The van der Waals surface area contributed by atoms with Crippen molar-refractivity contribution in [3.63, 3.8) is 0 Å². The Morgan fingerprint density at radius 1 is 1.62 bits per heavy atom. The number of halogens is 1. The van der Waals surface area contributed by atoms with Crippen LogP contribution in [0.2, 0.25) is 0 Å². The molecule has 1 amide bonds. The lowest BCUT2D eigenvalue weighted by Gasteiger charge is -2.15. The number of carbonyl (C=O) groups is 1. The summed E-state index contributed by atoms with van der Waals surface area (Å²) in [4.78, 5) is 11.4. The second-order valence-electron chi connectivity index (χ2n) is 3.31. The molecule has 5 heteroatoms. The summed E-state index contributed by atoms with van der Waals surface area (Å²) < 4.78 is 18.5. The summed E-state index contributed by atoms with van der Waals surface area (Å²) in [6.45, 7) is 3.83. The molecule has 0 saturated carbocycles. The van der Waals surface area contributed by atoms with Gasteiger partial charge in [-0.05, 0) is 26.0 Å². The van der Waals surface area contributed by atoms with Gasteiger partial charge in [-0.2, -0.15) is 0 Å². The fraction of sp³-hybridized carbons (Fsp3) is 0.364. The molecule has 0 spiro atoms. The van der Waals surface area contributed by atoms with E-state index in [1.807, 2.05) is 0 Å². The summed E-state index contributed by atoms with van der Waals surface area (Å²) in [6, 6.07) is 4.23. The van der Waals surface area contributed by atoms with Crippen LogP contribution in [-0.2, 0) is 4.79 Å². The number of rotatable bonds is 4. The molecule has 1 unspecified atom stereocenters. The van der Waals surface area contributed by atoms with E-state index in [1.165, 1.54) is 25.1 Å². The number of amides is 1. The zero-order valence-electron chi connectivity index (χ0n) is 9.29. The van der Waals surface area contributed by atoms with E-state index in [9.17, 15) is 9.18 Å². The Labute approximate surface area is 93.6 Å². The molecular weight excluding hydrogens is 211 g/mol. The van der Waals surface area contributed by atoms with Gasteiger partial charge < -0.3 is 15.8 Å². The lowest BCUT2D eigenvalue weighted by molar-refractivity contribution is -0.127. The number of anilines is 1. The van der Waals surface area contributed by atoms with Crippen molar-refractivity contribution < 1.29 is 13.9 Å². The molecule has 1 aromatic carbocycles. The minimum absolute atomic E-state index is 0.0822. The summed E-state index contributed by atoms with van der Waals surface area (Å²) in [5.41, 5.74) is 5.72. The van der Waals surface area contributed by atoms with Crippen molar-refractivity contribution in [2.45, 2.75) is 20.0 Å². The van der Waals surface area contributed by atoms with Crippen LogP contribution in [0, 0.1) is 5.82 Å². The highest BCUT2D eigenvalue weighted by molar-refractivity contribution is 5.80. The average molecular weight is 226 g/mol. The molecule has 1 rings (SSSR count). The highest BCUT2D eigenvalue weighted by Gasteiger charge is 2.17. The fourth-order valence-electron chi connectivity index (χ4n) is 1.20. The Morgan fingerprint density at radius 2 is 2.31 bits per heavy atom. The maximum atomic E-state index is 13.3. The standard InChI is InChI=1S/C11H15FN2O2/c1-3-14-11(15)7(2)16-10-8(12)5-4-6-9(10)13/h4-7H,3,13H2,1-2H3,(H,14,15). The summed E-state index contributed by atoms with van der Waals surface area (Å²) >= 11 is 0. The molecule has 1 atom stereocenters. The number of hydrogen-bond donors (Lipinski definition) is 2. The number of nitrogen functional groups attached to an aromatic ring is 1. The molecule has 88 valence electrons.